The van der Waals surface area contributed by atoms with Gasteiger partial charge in [0.25, 0.3) is 0 Å². The highest BCUT2D eigenvalue weighted by molar-refractivity contribution is 9.10. The summed E-state index contributed by atoms with van der Waals surface area (Å²) in [5.74, 6) is 2.51. The highest BCUT2D eigenvalue weighted by Gasteiger charge is 2.42. The molecule has 0 bridgehead atoms. The van der Waals surface area contributed by atoms with Crippen LogP contribution in [-0.2, 0) is 14.3 Å². The number of unbranched alkanes of at least 4 members (excludes halogenated alkanes) is 5. The summed E-state index contributed by atoms with van der Waals surface area (Å²) in [6.45, 7) is 2.85. The molecule has 0 saturated carbocycles. The minimum atomic E-state index is -0.405. The van der Waals surface area contributed by atoms with Crippen molar-refractivity contribution in [3.05, 3.63) is 44.8 Å². The van der Waals surface area contributed by atoms with E-state index in [0.29, 0.717) is 42.1 Å². The van der Waals surface area contributed by atoms with Crippen LogP contribution in [0.3, 0.4) is 0 Å². The van der Waals surface area contributed by atoms with Gasteiger partial charge in [-0.3, -0.25) is 9.59 Å². The number of rotatable bonds is 10. The number of hydrogen-bond acceptors (Lipinski definition) is 5. The van der Waals surface area contributed by atoms with Crippen LogP contribution in [0, 0.1) is 0 Å². The Balaban J connectivity index is 1.61. The number of benzene rings is 1. The second kappa shape index (κ2) is 11.6. The molecule has 5 nitrogen and oxygen atoms in total. The molecule has 1 aromatic carbocycles. The van der Waals surface area contributed by atoms with Crippen molar-refractivity contribution in [2.45, 2.75) is 89.9 Å². The van der Waals surface area contributed by atoms with E-state index in [0.717, 1.165) is 60.1 Å². The summed E-state index contributed by atoms with van der Waals surface area (Å²) in [5.41, 5.74) is 2.16. The van der Waals surface area contributed by atoms with Crippen LogP contribution >= 0.6 is 15.9 Å². The van der Waals surface area contributed by atoms with E-state index >= 15 is 0 Å². The van der Waals surface area contributed by atoms with Gasteiger partial charge in [0.1, 0.15) is 11.5 Å². The second-order valence-corrected chi connectivity index (χ2v) is 10.3. The van der Waals surface area contributed by atoms with Crippen LogP contribution in [0.1, 0.15) is 95.5 Å². The number of ketones is 2. The van der Waals surface area contributed by atoms with Gasteiger partial charge in [0, 0.05) is 42.7 Å². The molecular weight excluding hydrogens is 496 g/mol. The third-order valence-corrected chi connectivity index (χ3v) is 7.56. The predicted octanol–water partition coefficient (Wildman–Crippen LogP) is 7.33. The van der Waals surface area contributed by atoms with Gasteiger partial charge < -0.3 is 14.2 Å². The van der Waals surface area contributed by atoms with E-state index in [1.54, 1.807) is 7.11 Å². The lowest BCUT2D eigenvalue weighted by Gasteiger charge is -2.36. The van der Waals surface area contributed by atoms with Gasteiger partial charge in [0.15, 0.2) is 23.1 Å². The molecule has 1 aliphatic heterocycles. The van der Waals surface area contributed by atoms with Crippen molar-refractivity contribution < 1.29 is 23.8 Å². The molecule has 0 radical (unpaired) electrons. The van der Waals surface area contributed by atoms with E-state index in [9.17, 15) is 9.59 Å². The largest absolute Gasteiger partial charge is 0.493 e. The van der Waals surface area contributed by atoms with Crippen molar-refractivity contribution in [1.82, 2.24) is 0 Å². The lowest BCUT2D eigenvalue weighted by atomic mass is 9.73. The van der Waals surface area contributed by atoms with E-state index in [2.05, 4.69) is 22.9 Å². The molecule has 2 aliphatic carbocycles. The molecule has 0 fully saturated rings. The zero-order valence-corrected chi connectivity index (χ0v) is 21.9. The first-order valence-electron chi connectivity index (χ1n) is 12.8. The van der Waals surface area contributed by atoms with Crippen LogP contribution in [0.25, 0.3) is 0 Å². The fourth-order valence-corrected chi connectivity index (χ4v) is 5.83. The average Bonchev–Trinajstić information content (AvgIpc) is 2.83. The third-order valence-electron chi connectivity index (χ3n) is 6.97. The Kier molecular flexibility index (Phi) is 8.51. The van der Waals surface area contributed by atoms with Crippen LogP contribution in [0.15, 0.2) is 39.3 Å². The zero-order chi connectivity index (χ0) is 24.1. The molecule has 184 valence electrons. The van der Waals surface area contributed by atoms with Gasteiger partial charge in [0.05, 0.1) is 18.2 Å². The number of methoxy groups -OCH3 is 1. The van der Waals surface area contributed by atoms with Crippen molar-refractivity contribution >= 4 is 27.5 Å². The maximum Gasteiger partial charge on any atom is 0.175 e. The van der Waals surface area contributed by atoms with Crippen molar-refractivity contribution in [3.63, 3.8) is 0 Å². The van der Waals surface area contributed by atoms with E-state index < -0.39 is 5.92 Å². The number of halogens is 1. The molecule has 0 aromatic heterocycles. The van der Waals surface area contributed by atoms with Gasteiger partial charge in [0.2, 0.25) is 0 Å². The number of allylic oxidation sites excluding steroid dienone is 4. The van der Waals surface area contributed by atoms with Crippen molar-refractivity contribution in [2.24, 2.45) is 0 Å². The average molecular weight is 531 g/mol. The lowest BCUT2D eigenvalue weighted by molar-refractivity contribution is -0.117. The van der Waals surface area contributed by atoms with Gasteiger partial charge >= 0.3 is 0 Å². The summed E-state index contributed by atoms with van der Waals surface area (Å²) < 4.78 is 18.7. The number of Topliss-reactive ketones (excluding diaryl/α,β-unsaturated/α-hetero) is 2. The van der Waals surface area contributed by atoms with Crippen LogP contribution in [0.2, 0.25) is 0 Å². The predicted molar refractivity (Wildman–Crippen MR) is 135 cm³/mol. The maximum atomic E-state index is 13.0. The molecule has 0 N–H and O–H groups in total. The standard InChI is InChI=1S/C28H35BrO5/c1-3-4-5-6-7-8-15-33-28-19(29)16-18(17-24(28)32-2)25-26-20(30)11-9-13-22(26)34-23-14-10-12-21(31)27(23)25/h16-17,25H,3-15H2,1-2H3. The number of carbonyl (C=O) groups excluding carboxylic acids is 2. The van der Waals surface area contributed by atoms with Gasteiger partial charge in [-0.15, -0.1) is 0 Å². The first-order chi connectivity index (χ1) is 16.5. The van der Waals surface area contributed by atoms with Crippen LogP contribution < -0.4 is 9.47 Å². The number of carbonyl (C=O) groups is 2. The highest BCUT2D eigenvalue weighted by Crippen LogP contribution is 2.50. The normalized spacial score (nSPS) is 18.6. The fourth-order valence-electron chi connectivity index (χ4n) is 5.25. The molecule has 4 rings (SSSR count). The summed E-state index contributed by atoms with van der Waals surface area (Å²) in [7, 11) is 1.63. The van der Waals surface area contributed by atoms with Gasteiger partial charge in [-0.05, 0) is 52.9 Å². The van der Waals surface area contributed by atoms with Crippen LogP contribution in [0.4, 0.5) is 0 Å². The van der Waals surface area contributed by atoms with Gasteiger partial charge in [-0.1, -0.05) is 39.0 Å². The monoisotopic (exact) mass is 530 g/mol. The topological polar surface area (TPSA) is 61.8 Å². The van der Waals surface area contributed by atoms with Crippen LogP contribution in [0.5, 0.6) is 11.5 Å². The number of hydrogen-bond donors (Lipinski definition) is 0. The molecule has 34 heavy (non-hydrogen) atoms. The van der Waals surface area contributed by atoms with Crippen molar-refractivity contribution in [1.29, 1.82) is 0 Å². The van der Waals surface area contributed by atoms with E-state index in [1.807, 2.05) is 12.1 Å². The quantitative estimate of drug-likeness (QED) is 0.296. The fraction of sp³-hybridized carbons (Fsp3) is 0.571. The minimum absolute atomic E-state index is 0.0784. The first-order valence-corrected chi connectivity index (χ1v) is 13.5. The Morgan fingerprint density at radius 1 is 0.912 bits per heavy atom. The molecule has 6 heteroatoms. The summed E-state index contributed by atoms with van der Waals surface area (Å²) >= 11 is 3.68. The van der Waals surface area contributed by atoms with Gasteiger partial charge in [-0.2, -0.15) is 0 Å². The smallest absolute Gasteiger partial charge is 0.175 e. The van der Waals surface area contributed by atoms with Crippen molar-refractivity contribution in [2.75, 3.05) is 13.7 Å². The molecule has 1 aromatic rings. The molecule has 1 heterocycles. The Bertz CT molecular complexity index is 964. The minimum Gasteiger partial charge on any atom is -0.493 e. The van der Waals surface area contributed by atoms with E-state index in [1.165, 1.54) is 25.7 Å². The highest BCUT2D eigenvalue weighted by atomic mass is 79.9. The Hall–Kier alpha value is -2.08. The maximum absolute atomic E-state index is 13.0. The first kappa shape index (κ1) is 25.0. The third kappa shape index (κ3) is 5.27. The SMILES string of the molecule is CCCCCCCCOc1c(Br)cc(C2C3=C(CCCC3=O)OC3=C2C(=O)CCC3)cc1OC. The lowest BCUT2D eigenvalue weighted by Crippen LogP contribution is -2.30. The molecule has 0 spiro atoms. The van der Waals surface area contributed by atoms with Crippen LogP contribution in [-0.4, -0.2) is 25.3 Å². The van der Waals surface area contributed by atoms with Crippen molar-refractivity contribution in [3.8, 4) is 11.5 Å². The zero-order valence-electron chi connectivity index (χ0n) is 20.3. The molecular formula is C28H35BrO5. The molecule has 0 unspecified atom stereocenters. The van der Waals surface area contributed by atoms with E-state index in [-0.39, 0.29) is 11.6 Å². The summed E-state index contributed by atoms with van der Waals surface area (Å²) in [6, 6.07) is 3.91. The summed E-state index contributed by atoms with van der Waals surface area (Å²) in [4.78, 5) is 26.1. The molecule has 0 atom stereocenters. The van der Waals surface area contributed by atoms with E-state index in [4.69, 9.17) is 14.2 Å². The van der Waals surface area contributed by atoms with Gasteiger partial charge in [-0.25, -0.2) is 0 Å². The number of ether oxygens (including phenoxy) is 3. The summed E-state index contributed by atoms with van der Waals surface area (Å²) in [5, 5.41) is 0. The Morgan fingerprint density at radius 3 is 2.15 bits per heavy atom. The molecule has 0 amide bonds. The summed E-state index contributed by atoms with van der Waals surface area (Å²) in [6.07, 6.45) is 11.2. The molecule has 0 saturated heterocycles. The molecule has 3 aliphatic rings. The second-order valence-electron chi connectivity index (χ2n) is 9.41. The Labute approximate surface area is 211 Å². The Morgan fingerprint density at radius 2 is 1.53 bits per heavy atom.